The number of nitrogens with two attached hydrogens (primary N) is 1. The van der Waals surface area contributed by atoms with Crippen molar-refractivity contribution in [3.8, 4) is 11.8 Å². The quantitative estimate of drug-likeness (QED) is 0.927. The Bertz CT molecular complexity index is 647. The SMILES string of the molecule is CC(N)c1ccc(OCc2cccc(C#N)c2)c(F)c1. The lowest BCUT2D eigenvalue weighted by molar-refractivity contribution is 0.290. The first-order chi connectivity index (χ1) is 9.60. The van der Waals surface area contributed by atoms with Crippen molar-refractivity contribution >= 4 is 0 Å². The highest BCUT2D eigenvalue weighted by molar-refractivity contribution is 5.34. The highest BCUT2D eigenvalue weighted by Crippen LogP contribution is 2.22. The first-order valence-corrected chi connectivity index (χ1v) is 6.27. The van der Waals surface area contributed by atoms with E-state index in [1.54, 1.807) is 37.3 Å². The molecule has 0 aliphatic rings. The Kier molecular flexibility index (Phi) is 4.34. The highest BCUT2D eigenvalue weighted by Gasteiger charge is 2.07. The maximum Gasteiger partial charge on any atom is 0.165 e. The normalized spacial score (nSPS) is 11.7. The topological polar surface area (TPSA) is 59.0 Å². The van der Waals surface area contributed by atoms with Crippen LogP contribution in [0.15, 0.2) is 42.5 Å². The van der Waals surface area contributed by atoms with Gasteiger partial charge in [-0.25, -0.2) is 4.39 Å². The molecule has 0 aromatic heterocycles. The van der Waals surface area contributed by atoms with Crippen LogP contribution in [0.3, 0.4) is 0 Å². The molecule has 0 amide bonds. The first-order valence-electron chi connectivity index (χ1n) is 6.27. The van der Waals surface area contributed by atoms with Crippen LogP contribution in [0, 0.1) is 17.1 Å². The van der Waals surface area contributed by atoms with Gasteiger partial charge < -0.3 is 10.5 Å². The van der Waals surface area contributed by atoms with Crippen LogP contribution in [-0.2, 0) is 6.61 Å². The molecule has 2 rings (SSSR count). The van der Waals surface area contributed by atoms with Crippen LogP contribution in [0.4, 0.5) is 4.39 Å². The number of benzene rings is 2. The second kappa shape index (κ2) is 6.18. The second-order valence-corrected chi connectivity index (χ2v) is 4.58. The van der Waals surface area contributed by atoms with Gasteiger partial charge in [-0.3, -0.25) is 0 Å². The van der Waals surface area contributed by atoms with Crippen molar-refractivity contribution < 1.29 is 9.13 Å². The fourth-order valence-corrected chi connectivity index (χ4v) is 1.81. The van der Waals surface area contributed by atoms with E-state index in [0.29, 0.717) is 5.56 Å². The summed E-state index contributed by atoms with van der Waals surface area (Å²) in [6, 6.07) is 13.6. The fourth-order valence-electron chi connectivity index (χ4n) is 1.81. The molecule has 1 unspecified atom stereocenters. The van der Waals surface area contributed by atoms with Crippen LogP contribution in [0.1, 0.15) is 29.7 Å². The summed E-state index contributed by atoms with van der Waals surface area (Å²) in [5, 5.41) is 8.81. The molecule has 2 N–H and O–H groups in total. The number of hydrogen-bond acceptors (Lipinski definition) is 3. The Morgan fingerprint density at radius 2 is 2.10 bits per heavy atom. The molecule has 0 saturated carbocycles. The summed E-state index contributed by atoms with van der Waals surface area (Å²) in [5.41, 5.74) is 7.79. The predicted octanol–water partition coefficient (Wildman–Crippen LogP) is 3.30. The second-order valence-electron chi connectivity index (χ2n) is 4.58. The van der Waals surface area contributed by atoms with Crippen molar-refractivity contribution in [2.45, 2.75) is 19.6 Å². The van der Waals surface area contributed by atoms with Gasteiger partial charge in [-0.1, -0.05) is 18.2 Å². The van der Waals surface area contributed by atoms with E-state index in [4.69, 9.17) is 15.7 Å². The molecular formula is C16H15FN2O. The number of halogens is 1. The molecule has 2 aromatic carbocycles. The standard InChI is InChI=1S/C16H15FN2O/c1-11(19)14-5-6-16(15(17)8-14)20-10-13-4-2-3-12(7-13)9-18/h2-8,11H,10,19H2,1H3. The van der Waals surface area contributed by atoms with Crippen LogP contribution in [0.2, 0.25) is 0 Å². The van der Waals surface area contributed by atoms with Gasteiger partial charge in [0.15, 0.2) is 11.6 Å². The van der Waals surface area contributed by atoms with Gasteiger partial charge in [-0.05, 0) is 42.3 Å². The fraction of sp³-hybridized carbons (Fsp3) is 0.188. The number of hydrogen-bond donors (Lipinski definition) is 1. The molecular weight excluding hydrogens is 255 g/mol. The predicted molar refractivity (Wildman–Crippen MR) is 74.5 cm³/mol. The Morgan fingerprint density at radius 3 is 2.75 bits per heavy atom. The molecule has 3 nitrogen and oxygen atoms in total. The lowest BCUT2D eigenvalue weighted by Crippen LogP contribution is -2.06. The first kappa shape index (κ1) is 14.0. The highest BCUT2D eigenvalue weighted by atomic mass is 19.1. The number of nitriles is 1. The molecule has 0 bridgehead atoms. The maximum absolute atomic E-state index is 13.8. The lowest BCUT2D eigenvalue weighted by atomic mass is 10.1. The van der Waals surface area contributed by atoms with E-state index in [0.717, 1.165) is 11.1 Å². The summed E-state index contributed by atoms with van der Waals surface area (Å²) in [7, 11) is 0. The largest absolute Gasteiger partial charge is 0.486 e. The molecule has 20 heavy (non-hydrogen) atoms. The van der Waals surface area contributed by atoms with E-state index < -0.39 is 5.82 Å². The summed E-state index contributed by atoms with van der Waals surface area (Å²) < 4.78 is 19.3. The van der Waals surface area contributed by atoms with E-state index in [2.05, 4.69) is 6.07 Å². The van der Waals surface area contributed by atoms with E-state index in [1.807, 2.05) is 6.07 Å². The molecule has 102 valence electrons. The summed E-state index contributed by atoms with van der Waals surface area (Å²) in [4.78, 5) is 0. The van der Waals surface area contributed by atoms with Crippen molar-refractivity contribution in [1.82, 2.24) is 0 Å². The summed E-state index contributed by atoms with van der Waals surface area (Å²) >= 11 is 0. The van der Waals surface area contributed by atoms with Gasteiger partial charge in [0.1, 0.15) is 6.61 Å². The minimum atomic E-state index is -0.434. The molecule has 0 heterocycles. The van der Waals surface area contributed by atoms with Crippen molar-refractivity contribution in [2.24, 2.45) is 5.73 Å². The van der Waals surface area contributed by atoms with Crippen LogP contribution in [-0.4, -0.2) is 0 Å². The maximum atomic E-state index is 13.8. The van der Waals surface area contributed by atoms with E-state index in [9.17, 15) is 4.39 Å². The van der Waals surface area contributed by atoms with Crippen LogP contribution < -0.4 is 10.5 Å². The van der Waals surface area contributed by atoms with E-state index in [1.165, 1.54) is 6.07 Å². The van der Waals surface area contributed by atoms with E-state index >= 15 is 0 Å². The smallest absolute Gasteiger partial charge is 0.165 e. The number of nitrogens with zero attached hydrogens (tertiary/aromatic N) is 1. The van der Waals surface area contributed by atoms with Gasteiger partial charge in [0.2, 0.25) is 0 Å². The van der Waals surface area contributed by atoms with Crippen molar-refractivity contribution in [1.29, 1.82) is 5.26 Å². The third kappa shape index (κ3) is 3.34. The Balaban J connectivity index is 2.09. The zero-order valence-electron chi connectivity index (χ0n) is 11.1. The molecule has 0 aliphatic heterocycles. The molecule has 0 spiro atoms. The lowest BCUT2D eigenvalue weighted by Gasteiger charge is -2.10. The third-order valence-corrected chi connectivity index (χ3v) is 2.93. The molecule has 0 saturated heterocycles. The number of rotatable bonds is 4. The van der Waals surface area contributed by atoms with E-state index in [-0.39, 0.29) is 18.4 Å². The molecule has 0 aliphatic carbocycles. The summed E-state index contributed by atoms with van der Waals surface area (Å²) in [6.07, 6.45) is 0. The van der Waals surface area contributed by atoms with Crippen LogP contribution >= 0.6 is 0 Å². The molecule has 0 fully saturated rings. The third-order valence-electron chi connectivity index (χ3n) is 2.93. The van der Waals surface area contributed by atoms with Crippen LogP contribution in [0.5, 0.6) is 5.75 Å². The number of ether oxygens (including phenoxy) is 1. The molecule has 0 radical (unpaired) electrons. The van der Waals surface area contributed by atoms with Crippen molar-refractivity contribution in [3.05, 3.63) is 65.0 Å². The van der Waals surface area contributed by atoms with Crippen molar-refractivity contribution in [3.63, 3.8) is 0 Å². The van der Waals surface area contributed by atoms with Gasteiger partial charge >= 0.3 is 0 Å². The molecule has 4 heteroatoms. The average molecular weight is 270 g/mol. The van der Waals surface area contributed by atoms with Gasteiger partial charge in [0.05, 0.1) is 11.6 Å². The summed E-state index contributed by atoms with van der Waals surface area (Å²) in [5.74, 6) is -0.256. The Hall–Kier alpha value is -2.38. The zero-order chi connectivity index (χ0) is 14.5. The van der Waals surface area contributed by atoms with Gasteiger partial charge in [0, 0.05) is 6.04 Å². The summed E-state index contributed by atoms with van der Waals surface area (Å²) in [6.45, 7) is 2.01. The Morgan fingerprint density at radius 1 is 1.30 bits per heavy atom. The molecule has 1 atom stereocenters. The zero-order valence-corrected chi connectivity index (χ0v) is 11.1. The Labute approximate surface area is 117 Å². The van der Waals surface area contributed by atoms with Crippen molar-refractivity contribution in [2.75, 3.05) is 0 Å². The van der Waals surface area contributed by atoms with Crippen LogP contribution in [0.25, 0.3) is 0 Å². The molecule has 2 aromatic rings. The van der Waals surface area contributed by atoms with Gasteiger partial charge in [-0.15, -0.1) is 0 Å². The average Bonchev–Trinajstić information content (AvgIpc) is 2.46. The minimum Gasteiger partial charge on any atom is -0.486 e. The monoisotopic (exact) mass is 270 g/mol. The van der Waals surface area contributed by atoms with Gasteiger partial charge in [0.25, 0.3) is 0 Å². The van der Waals surface area contributed by atoms with Gasteiger partial charge in [-0.2, -0.15) is 5.26 Å². The minimum absolute atomic E-state index is 0.178.